The lowest BCUT2D eigenvalue weighted by Crippen LogP contribution is -2.38. The number of fused-ring (bicyclic) bond motifs is 1. The lowest BCUT2D eigenvalue weighted by molar-refractivity contribution is 0.116. The molecule has 1 atom stereocenters. The van der Waals surface area contributed by atoms with Gasteiger partial charge >= 0.3 is 12.1 Å². The summed E-state index contributed by atoms with van der Waals surface area (Å²) in [5.74, 6) is -1.30. The fraction of sp³-hybridized carbons (Fsp3) is 0.296. The third-order valence-corrected chi connectivity index (χ3v) is 7.03. The zero-order valence-corrected chi connectivity index (χ0v) is 21.0. The Morgan fingerprint density at radius 3 is 2.59 bits per heavy atom. The number of pyridine rings is 2. The van der Waals surface area contributed by atoms with Crippen LogP contribution in [0, 0.1) is 5.82 Å². The number of rotatable bonds is 6. The van der Waals surface area contributed by atoms with Gasteiger partial charge in [-0.15, -0.1) is 10.2 Å². The molecule has 1 aromatic carbocycles. The molecule has 0 unspecified atom stereocenters. The Hall–Kier alpha value is -4.32. The third kappa shape index (κ3) is 4.71. The topological polar surface area (TPSA) is 94.9 Å². The summed E-state index contributed by atoms with van der Waals surface area (Å²) in [4.78, 5) is 24.4. The number of aromatic nitrogens is 6. The van der Waals surface area contributed by atoms with Crippen LogP contribution >= 0.6 is 0 Å². The van der Waals surface area contributed by atoms with Crippen LogP contribution in [-0.4, -0.2) is 54.3 Å². The molecule has 5 heterocycles. The van der Waals surface area contributed by atoms with Crippen LogP contribution in [0.1, 0.15) is 36.9 Å². The Morgan fingerprint density at radius 1 is 1.08 bits per heavy atom. The number of piperidine rings is 1. The molecule has 1 saturated heterocycles. The smallest absolute Gasteiger partial charge is 0.329 e. The summed E-state index contributed by atoms with van der Waals surface area (Å²) in [6.45, 7) is 1.75. The van der Waals surface area contributed by atoms with Crippen molar-refractivity contribution in [3.8, 4) is 22.6 Å². The average molecular weight is 536 g/mol. The Morgan fingerprint density at radius 2 is 1.90 bits per heavy atom. The number of hydrogen-bond donors (Lipinski definition) is 0. The van der Waals surface area contributed by atoms with Gasteiger partial charge in [0.1, 0.15) is 5.82 Å². The van der Waals surface area contributed by atoms with Crippen molar-refractivity contribution in [2.45, 2.75) is 31.9 Å². The highest BCUT2D eigenvalue weighted by atomic mass is 19.3. The van der Waals surface area contributed by atoms with Gasteiger partial charge in [-0.05, 0) is 62.3 Å². The second-order valence-electron chi connectivity index (χ2n) is 9.64. The fourth-order valence-electron chi connectivity index (χ4n) is 5.15. The number of benzene rings is 1. The van der Waals surface area contributed by atoms with Gasteiger partial charge in [0.2, 0.25) is 5.89 Å². The average Bonchev–Trinajstić information content (AvgIpc) is 3.53. The molecular formula is C27H24F3N7O2. The van der Waals surface area contributed by atoms with Gasteiger partial charge in [0.25, 0.3) is 5.89 Å². The highest BCUT2D eigenvalue weighted by molar-refractivity contribution is 5.83. The highest BCUT2D eigenvalue weighted by Gasteiger charge is 2.26. The van der Waals surface area contributed by atoms with Crippen LogP contribution in [0.5, 0.6) is 0 Å². The Kier molecular flexibility index (Phi) is 6.47. The van der Waals surface area contributed by atoms with E-state index < -0.39 is 18.1 Å². The molecule has 0 amide bonds. The molecule has 1 fully saturated rings. The molecule has 9 nitrogen and oxygen atoms in total. The Balaban J connectivity index is 1.42. The van der Waals surface area contributed by atoms with Gasteiger partial charge < -0.3 is 9.32 Å². The van der Waals surface area contributed by atoms with E-state index in [4.69, 9.17) is 4.42 Å². The molecule has 0 spiro atoms. The molecular weight excluding hydrogens is 511 g/mol. The summed E-state index contributed by atoms with van der Waals surface area (Å²) in [5, 5.41) is 6.97. The van der Waals surface area contributed by atoms with Crippen LogP contribution in [0.3, 0.4) is 0 Å². The number of halogens is 3. The fourth-order valence-corrected chi connectivity index (χ4v) is 5.15. The number of imidazole rings is 1. The highest BCUT2D eigenvalue weighted by Crippen LogP contribution is 2.31. The number of hydrogen-bond acceptors (Lipinski definition) is 7. The molecule has 6 rings (SSSR count). The SMILES string of the molecule is CN1CCC[C@@H](n2c(=O)n(Cc3ccc(-c4nnc(C(F)F)o4)cn3)c3cc(F)c(-c4ccncc4)cc32)C1. The molecule has 4 aromatic heterocycles. The maximum absolute atomic E-state index is 15.4. The van der Waals surface area contributed by atoms with Gasteiger partial charge in [0, 0.05) is 36.8 Å². The Labute approximate surface area is 220 Å². The van der Waals surface area contributed by atoms with Crippen LogP contribution in [0.25, 0.3) is 33.6 Å². The molecule has 1 aliphatic heterocycles. The standard InChI is InChI=1S/C27H24F3N7O2/c1-35-10-2-3-19(15-35)37-23-11-20(16-6-8-31-9-7-16)21(28)12-22(23)36(27(37)38)14-18-5-4-17(13-32-18)25-33-34-26(39-25)24(29)30/h4-9,11-13,19,24H,2-3,10,14-15H2,1H3/t19-/m1/s1. The van der Waals surface area contributed by atoms with Crippen LogP contribution in [0.2, 0.25) is 0 Å². The van der Waals surface area contributed by atoms with Gasteiger partial charge in [0.15, 0.2) is 0 Å². The maximum atomic E-state index is 15.4. The first-order chi connectivity index (χ1) is 18.9. The minimum absolute atomic E-state index is 0.0624. The summed E-state index contributed by atoms with van der Waals surface area (Å²) < 4.78 is 49.3. The first-order valence-electron chi connectivity index (χ1n) is 12.5. The van der Waals surface area contributed by atoms with E-state index in [0.717, 1.165) is 19.4 Å². The van der Waals surface area contributed by atoms with Crippen molar-refractivity contribution >= 4 is 11.0 Å². The number of nitrogens with zero attached hydrogens (tertiary/aromatic N) is 7. The summed E-state index contributed by atoms with van der Waals surface area (Å²) in [7, 11) is 2.03. The van der Waals surface area contributed by atoms with Crippen molar-refractivity contribution in [3.05, 3.63) is 82.9 Å². The number of likely N-dealkylation sites (N-methyl/N-ethyl adjacent to an activating group) is 1. The molecule has 200 valence electrons. The predicted octanol–water partition coefficient (Wildman–Crippen LogP) is 4.70. The van der Waals surface area contributed by atoms with Gasteiger partial charge in [-0.25, -0.2) is 9.18 Å². The summed E-state index contributed by atoms with van der Waals surface area (Å²) >= 11 is 0. The molecule has 0 saturated carbocycles. The van der Waals surface area contributed by atoms with E-state index in [9.17, 15) is 13.6 Å². The van der Waals surface area contributed by atoms with Crippen molar-refractivity contribution in [3.63, 3.8) is 0 Å². The van der Waals surface area contributed by atoms with Crippen molar-refractivity contribution in [1.29, 1.82) is 0 Å². The van der Waals surface area contributed by atoms with Gasteiger partial charge in [-0.3, -0.25) is 19.1 Å². The summed E-state index contributed by atoms with van der Waals surface area (Å²) in [5.41, 5.74) is 2.82. The van der Waals surface area contributed by atoms with Gasteiger partial charge in [-0.1, -0.05) is 0 Å². The van der Waals surface area contributed by atoms with E-state index in [1.807, 2.05) is 7.05 Å². The van der Waals surface area contributed by atoms with Crippen molar-refractivity contribution < 1.29 is 17.6 Å². The van der Waals surface area contributed by atoms with E-state index in [2.05, 4.69) is 25.1 Å². The zero-order valence-electron chi connectivity index (χ0n) is 21.0. The van der Waals surface area contributed by atoms with E-state index in [0.29, 0.717) is 40.0 Å². The van der Waals surface area contributed by atoms with E-state index in [1.54, 1.807) is 47.3 Å². The van der Waals surface area contributed by atoms with E-state index in [-0.39, 0.29) is 24.2 Å². The lowest BCUT2D eigenvalue weighted by atomic mass is 10.0. The monoisotopic (exact) mass is 535 g/mol. The minimum Gasteiger partial charge on any atom is -0.415 e. The van der Waals surface area contributed by atoms with E-state index in [1.165, 1.54) is 16.8 Å². The Bertz CT molecular complexity index is 1680. The van der Waals surface area contributed by atoms with Crippen LogP contribution in [0.15, 0.2) is 64.2 Å². The predicted molar refractivity (Wildman–Crippen MR) is 137 cm³/mol. The van der Waals surface area contributed by atoms with Crippen LogP contribution < -0.4 is 5.69 Å². The number of alkyl halides is 2. The zero-order chi connectivity index (χ0) is 27.1. The first-order valence-corrected chi connectivity index (χ1v) is 12.5. The molecule has 5 aromatic rings. The maximum Gasteiger partial charge on any atom is 0.329 e. The summed E-state index contributed by atoms with van der Waals surface area (Å²) in [6, 6.07) is 9.79. The quantitative estimate of drug-likeness (QED) is 0.311. The normalized spacial score (nSPS) is 16.4. The van der Waals surface area contributed by atoms with Crippen LogP contribution in [0.4, 0.5) is 13.2 Å². The second-order valence-corrected chi connectivity index (χ2v) is 9.64. The molecule has 0 N–H and O–H groups in total. The second kappa shape index (κ2) is 10.1. The van der Waals surface area contributed by atoms with Gasteiger partial charge in [-0.2, -0.15) is 8.78 Å². The summed E-state index contributed by atoms with van der Waals surface area (Å²) in [6.07, 6.45) is 3.54. The number of likely N-dealkylation sites (tertiary alicyclic amines) is 1. The molecule has 0 bridgehead atoms. The molecule has 0 radical (unpaired) electrons. The van der Waals surface area contributed by atoms with Gasteiger partial charge in [0.05, 0.1) is 34.9 Å². The largest absolute Gasteiger partial charge is 0.415 e. The minimum atomic E-state index is -2.87. The van der Waals surface area contributed by atoms with Crippen molar-refractivity contribution in [2.75, 3.05) is 20.1 Å². The third-order valence-electron chi connectivity index (χ3n) is 7.03. The molecule has 0 aliphatic carbocycles. The van der Waals surface area contributed by atoms with Crippen LogP contribution in [-0.2, 0) is 6.54 Å². The van der Waals surface area contributed by atoms with Crippen molar-refractivity contribution in [1.82, 2.24) is 34.2 Å². The first kappa shape index (κ1) is 25.0. The van der Waals surface area contributed by atoms with Crippen molar-refractivity contribution in [2.24, 2.45) is 0 Å². The lowest BCUT2D eigenvalue weighted by Gasteiger charge is -2.30. The molecule has 12 heteroatoms. The molecule has 39 heavy (non-hydrogen) atoms. The van der Waals surface area contributed by atoms with E-state index >= 15 is 4.39 Å². The molecule has 1 aliphatic rings.